The molecule has 140 valence electrons. The van der Waals surface area contributed by atoms with Gasteiger partial charge in [0.05, 0.1) is 31.0 Å². The summed E-state index contributed by atoms with van der Waals surface area (Å²) in [6, 6.07) is 10.9. The van der Waals surface area contributed by atoms with Crippen LogP contribution < -0.4 is 5.32 Å². The molecule has 0 fully saturated rings. The van der Waals surface area contributed by atoms with Gasteiger partial charge < -0.3 is 10.1 Å². The van der Waals surface area contributed by atoms with E-state index in [-0.39, 0.29) is 17.9 Å². The number of rotatable bonds is 8. The van der Waals surface area contributed by atoms with Crippen LogP contribution in [0.2, 0.25) is 0 Å². The maximum absolute atomic E-state index is 12.5. The van der Waals surface area contributed by atoms with Crippen molar-refractivity contribution in [2.75, 3.05) is 20.7 Å². The molecule has 0 saturated carbocycles. The summed E-state index contributed by atoms with van der Waals surface area (Å²) in [6.07, 6.45) is -0.0299. The Balaban J connectivity index is 2.06. The largest absolute Gasteiger partial charge is 0.469 e. The normalized spacial score (nSPS) is 12.6. The van der Waals surface area contributed by atoms with Crippen molar-refractivity contribution in [3.05, 3.63) is 52.7 Å². The molecule has 0 bridgehead atoms. The number of thiophene rings is 1. The van der Waals surface area contributed by atoms with Gasteiger partial charge in [-0.3, -0.25) is 9.59 Å². The third-order valence-corrected chi connectivity index (χ3v) is 6.44. The molecule has 1 unspecified atom stereocenters. The zero-order valence-corrected chi connectivity index (χ0v) is 16.0. The zero-order valence-electron chi connectivity index (χ0n) is 14.4. The number of benzene rings is 1. The number of amides is 1. The molecule has 1 aromatic carbocycles. The molecule has 0 aliphatic carbocycles. The molecule has 0 radical (unpaired) electrons. The van der Waals surface area contributed by atoms with Crippen LogP contribution >= 0.6 is 11.3 Å². The minimum Gasteiger partial charge on any atom is -0.469 e. The lowest BCUT2D eigenvalue weighted by atomic mass is 10.1. The molecule has 7 nitrogen and oxygen atoms in total. The highest BCUT2D eigenvalue weighted by Crippen LogP contribution is 2.22. The number of esters is 1. The van der Waals surface area contributed by atoms with Crippen LogP contribution in [0.25, 0.3) is 0 Å². The van der Waals surface area contributed by atoms with E-state index in [0.717, 1.165) is 9.18 Å². The Morgan fingerprint density at radius 2 is 1.88 bits per heavy atom. The minimum atomic E-state index is -3.77. The molecular formula is C17H20N2O5S2. The molecule has 0 spiro atoms. The number of nitrogens with zero attached hydrogens (tertiary/aromatic N) is 1. The van der Waals surface area contributed by atoms with Crippen molar-refractivity contribution in [1.29, 1.82) is 0 Å². The first-order chi connectivity index (χ1) is 12.3. The van der Waals surface area contributed by atoms with E-state index in [9.17, 15) is 18.0 Å². The molecule has 1 aromatic heterocycles. The molecule has 0 aliphatic heterocycles. The first kappa shape index (κ1) is 20.1. The van der Waals surface area contributed by atoms with Crippen LogP contribution in [0.3, 0.4) is 0 Å². The highest BCUT2D eigenvalue weighted by molar-refractivity contribution is 7.89. The van der Waals surface area contributed by atoms with E-state index >= 15 is 0 Å². The molecular weight excluding hydrogens is 376 g/mol. The van der Waals surface area contributed by atoms with Gasteiger partial charge in [0.2, 0.25) is 15.9 Å². The van der Waals surface area contributed by atoms with Gasteiger partial charge >= 0.3 is 5.97 Å². The van der Waals surface area contributed by atoms with Crippen molar-refractivity contribution in [3.8, 4) is 0 Å². The van der Waals surface area contributed by atoms with E-state index < -0.39 is 27.9 Å². The van der Waals surface area contributed by atoms with Gasteiger partial charge in [-0.15, -0.1) is 11.3 Å². The van der Waals surface area contributed by atoms with E-state index in [1.165, 1.54) is 37.6 Å². The molecule has 1 heterocycles. The number of hydrogen-bond donors (Lipinski definition) is 1. The Morgan fingerprint density at radius 1 is 1.19 bits per heavy atom. The lowest BCUT2D eigenvalue weighted by Crippen LogP contribution is -2.40. The molecule has 26 heavy (non-hydrogen) atoms. The number of sulfonamides is 1. The molecule has 9 heteroatoms. The zero-order chi connectivity index (χ0) is 19.2. The highest BCUT2D eigenvalue weighted by Gasteiger charge is 2.25. The van der Waals surface area contributed by atoms with Crippen molar-refractivity contribution < 1.29 is 22.7 Å². The lowest BCUT2D eigenvalue weighted by Gasteiger charge is -2.20. The third-order valence-electron chi connectivity index (χ3n) is 3.64. The standard InChI is InChI=1S/C17H20N2O5S2/c1-19(26(22,23)13-7-4-3-5-8-13)12-16(20)18-14(11-17(21)24-2)15-9-6-10-25-15/h3-10,14H,11-12H2,1-2H3,(H,18,20). The van der Waals surface area contributed by atoms with Crippen molar-refractivity contribution in [1.82, 2.24) is 9.62 Å². The molecule has 1 N–H and O–H groups in total. The van der Waals surface area contributed by atoms with Crippen LogP contribution in [0.4, 0.5) is 0 Å². The van der Waals surface area contributed by atoms with E-state index in [0.29, 0.717) is 0 Å². The first-order valence-corrected chi connectivity index (χ1v) is 10.1. The predicted octanol–water partition coefficient (Wildman–Crippen LogP) is 1.79. The first-order valence-electron chi connectivity index (χ1n) is 7.75. The summed E-state index contributed by atoms with van der Waals surface area (Å²) in [5.41, 5.74) is 0. The fourth-order valence-electron chi connectivity index (χ4n) is 2.26. The number of carbonyl (C=O) groups excluding carboxylic acids is 2. The number of nitrogens with one attached hydrogen (secondary N) is 1. The highest BCUT2D eigenvalue weighted by atomic mass is 32.2. The maximum Gasteiger partial charge on any atom is 0.307 e. The second kappa shape index (κ2) is 8.93. The summed E-state index contributed by atoms with van der Waals surface area (Å²) in [5.74, 6) is -0.969. The summed E-state index contributed by atoms with van der Waals surface area (Å²) in [5, 5.41) is 4.53. The predicted molar refractivity (Wildman–Crippen MR) is 98.1 cm³/mol. The number of methoxy groups -OCH3 is 1. The maximum atomic E-state index is 12.5. The number of likely N-dealkylation sites (N-methyl/N-ethyl adjacent to an activating group) is 1. The van der Waals surface area contributed by atoms with Crippen LogP contribution in [0.5, 0.6) is 0 Å². The Bertz CT molecular complexity index is 835. The summed E-state index contributed by atoms with van der Waals surface area (Å²) < 4.78 is 30.6. The Morgan fingerprint density at radius 3 is 2.46 bits per heavy atom. The molecule has 1 atom stereocenters. The van der Waals surface area contributed by atoms with E-state index in [4.69, 9.17) is 0 Å². The van der Waals surface area contributed by atoms with Gasteiger partial charge in [0.25, 0.3) is 0 Å². The van der Waals surface area contributed by atoms with E-state index in [1.54, 1.807) is 24.3 Å². The average molecular weight is 396 g/mol. The van der Waals surface area contributed by atoms with Gasteiger partial charge in [0.1, 0.15) is 0 Å². The second-order valence-corrected chi connectivity index (χ2v) is 8.51. The fourth-order valence-corrected chi connectivity index (χ4v) is 4.19. The SMILES string of the molecule is COC(=O)CC(NC(=O)CN(C)S(=O)(=O)c1ccccc1)c1cccs1. The van der Waals surface area contributed by atoms with Crippen molar-refractivity contribution in [3.63, 3.8) is 0 Å². The number of ether oxygens (including phenoxy) is 1. The van der Waals surface area contributed by atoms with Crippen LogP contribution in [0.15, 0.2) is 52.7 Å². The summed E-state index contributed by atoms with van der Waals surface area (Å²) in [6.45, 7) is -0.361. The van der Waals surface area contributed by atoms with E-state index in [1.807, 2.05) is 11.4 Å². The molecule has 1 amide bonds. The molecule has 0 saturated heterocycles. The van der Waals surface area contributed by atoms with E-state index in [2.05, 4.69) is 10.1 Å². The second-order valence-electron chi connectivity index (χ2n) is 5.49. The van der Waals surface area contributed by atoms with Gasteiger partial charge in [-0.2, -0.15) is 4.31 Å². The summed E-state index contributed by atoms with van der Waals surface area (Å²) in [7, 11) is -1.16. The lowest BCUT2D eigenvalue weighted by molar-refractivity contribution is -0.141. The monoisotopic (exact) mass is 396 g/mol. The van der Waals surface area contributed by atoms with Gasteiger partial charge in [0.15, 0.2) is 0 Å². The third kappa shape index (κ3) is 5.13. The van der Waals surface area contributed by atoms with Crippen LogP contribution in [0, 0.1) is 0 Å². The molecule has 0 aliphatic rings. The van der Waals surface area contributed by atoms with Gasteiger partial charge in [-0.25, -0.2) is 8.42 Å². The quantitative estimate of drug-likeness (QED) is 0.687. The Hall–Kier alpha value is -2.23. The van der Waals surface area contributed by atoms with Crippen molar-refractivity contribution in [2.24, 2.45) is 0 Å². The minimum absolute atomic E-state index is 0.0299. The number of carbonyl (C=O) groups is 2. The van der Waals surface area contributed by atoms with Crippen LogP contribution in [-0.2, 0) is 24.3 Å². The van der Waals surface area contributed by atoms with Crippen LogP contribution in [-0.4, -0.2) is 45.3 Å². The Kier molecular flexibility index (Phi) is 6.90. The summed E-state index contributed by atoms with van der Waals surface area (Å²) in [4.78, 5) is 24.8. The number of hydrogen-bond acceptors (Lipinski definition) is 6. The topological polar surface area (TPSA) is 92.8 Å². The van der Waals surface area contributed by atoms with Gasteiger partial charge in [0, 0.05) is 11.9 Å². The Labute approximate surface area is 156 Å². The average Bonchev–Trinajstić information content (AvgIpc) is 3.16. The summed E-state index contributed by atoms with van der Waals surface area (Å²) >= 11 is 1.39. The van der Waals surface area contributed by atoms with Crippen molar-refractivity contribution in [2.45, 2.75) is 17.4 Å². The fraction of sp³-hybridized carbons (Fsp3) is 0.294. The molecule has 2 rings (SSSR count). The van der Waals surface area contributed by atoms with Crippen molar-refractivity contribution >= 4 is 33.2 Å². The molecule has 2 aromatic rings. The smallest absolute Gasteiger partial charge is 0.307 e. The van der Waals surface area contributed by atoms with Gasteiger partial charge in [-0.1, -0.05) is 24.3 Å². The van der Waals surface area contributed by atoms with Gasteiger partial charge in [-0.05, 0) is 23.6 Å². The van der Waals surface area contributed by atoms with Crippen LogP contribution in [0.1, 0.15) is 17.3 Å².